The average Bonchev–Trinajstić information content (AvgIpc) is 2.38. The van der Waals surface area contributed by atoms with Gasteiger partial charge in [-0.05, 0) is 31.0 Å². The summed E-state index contributed by atoms with van der Waals surface area (Å²) < 4.78 is 38.9. The summed E-state index contributed by atoms with van der Waals surface area (Å²) in [4.78, 5) is 10.8. The molecule has 2 rings (SSSR count). The second kappa shape index (κ2) is 5.67. The Kier molecular flexibility index (Phi) is 4.31. The van der Waals surface area contributed by atoms with Gasteiger partial charge in [-0.15, -0.1) is 0 Å². The van der Waals surface area contributed by atoms with Crippen molar-refractivity contribution in [1.82, 2.24) is 4.31 Å². The van der Waals surface area contributed by atoms with Gasteiger partial charge in [0.1, 0.15) is 10.7 Å². The van der Waals surface area contributed by atoms with Crippen LogP contribution in [0.5, 0.6) is 0 Å². The SMILES string of the molecule is O=C(O)[C@H]1CCCN(S(=O)(=O)c2ccc(F)cc2Cl)C1. The Hall–Kier alpha value is -1.18. The molecule has 0 bridgehead atoms. The average molecular weight is 322 g/mol. The van der Waals surface area contributed by atoms with Crippen molar-refractivity contribution in [2.75, 3.05) is 13.1 Å². The molecule has 8 heteroatoms. The lowest BCUT2D eigenvalue weighted by Gasteiger charge is -2.30. The van der Waals surface area contributed by atoms with Gasteiger partial charge in [0, 0.05) is 13.1 Å². The van der Waals surface area contributed by atoms with Crippen LogP contribution in [0.25, 0.3) is 0 Å². The topological polar surface area (TPSA) is 74.7 Å². The monoisotopic (exact) mass is 321 g/mol. The molecule has 110 valence electrons. The molecule has 1 aliphatic rings. The van der Waals surface area contributed by atoms with Gasteiger partial charge in [-0.1, -0.05) is 11.6 Å². The molecule has 1 atom stereocenters. The quantitative estimate of drug-likeness (QED) is 0.923. The van der Waals surface area contributed by atoms with Gasteiger partial charge in [0.15, 0.2) is 0 Å². The number of rotatable bonds is 3. The lowest BCUT2D eigenvalue weighted by Crippen LogP contribution is -2.42. The molecule has 0 unspecified atom stereocenters. The maximum atomic E-state index is 13.0. The number of halogens is 2. The number of nitrogens with zero attached hydrogens (tertiary/aromatic N) is 1. The Bertz CT molecular complexity index is 634. The predicted molar refractivity (Wildman–Crippen MR) is 70.5 cm³/mol. The number of carboxylic acid groups (broad SMARTS) is 1. The van der Waals surface area contributed by atoms with Gasteiger partial charge in [-0.2, -0.15) is 4.31 Å². The molecule has 1 aromatic carbocycles. The number of carbonyl (C=O) groups is 1. The number of sulfonamides is 1. The van der Waals surface area contributed by atoms with E-state index in [1.165, 1.54) is 0 Å². The highest BCUT2D eigenvalue weighted by Crippen LogP contribution is 2.28. The van der Waals surface area contributed by atoms with Crippen LogP contribution in [0.3, 0.4) is 0 Å². The lowest BCUT2D eigenvalue weighted by molar-refractivity contribution is -0.142. The van der Waals surface area contributed by atoms with E-state index in [-0.39, 0.29) is 23.0 Å². The van der Waals surface area contributed by atoms with Crippen molar-refractivity contribution >= 4 is 27.6 Å². The molecule has 0 aliphatic carbocycles. The molecule has 0 spiro atoms. The van der Waals surface area contributed by atoms with Gasteiger partial charge in [-0.25, -0.2) is 12.8 Å². The van der Waals surface area contributed by atoms with E-state index >= 15 is 0 Å². The zero-order valence-electron chi connectivity index (χ0n) is 10.4. The number of piperidine rings is 1. The first-order chi connectivity index (χ1) is 9.32. The van der Waals surface area contributed by atoms with Gasteiger partial charge in [0.2, 0.25) is 10.0 Å². The Morgan fingerprint density at radius 2 is 2.15 bits per heavy atom. The van der Waals surface area contributed by atoms with E-state index < -0.39 is 27.7 Å². The van der Waals surface area contributed by atoms with Crippen molar-refractivity contribution in [3.05, 3.63) is 29.0 Å². The minimum absolute atomic E-state index is 0.0919. The van der Waals surface area contributed by atoms with Crippen LogP contribution in [0.15, 0.2) is 23.1 Å². The number of aliphatic carboxylic acids is 1. The fourth-order valence-electron chi connectivity index (χ4n) is 2.19. The fraction of sp³-hybridized carbons (Fsp3) is 0.417. The van der Waals surface area contributed by atoms with E-state index in [9.17, 15) is 17.6 Å². The summed E-state index contributed by atoms with van der Waals surface area (Å²) in [5.74, 6) is -2.37. The van der Waals surface area contributed by atoms with Crippen LogP contribution in [0.1, 0.15) is 12.8 Å². The van der Waals surface area contributed by atoms with Crippen LogP contribution in [0, 0.1) is 11.7 Å². The highest BCUT2D eigenvalue weighted by atomic mass is 35.5. The first-order valence-corrected chi connectivity index (χ1v) is 7.82. The second-order valence-electron chi connectivity index (χ2n) is 4.62. The van der Waals surface area contributed by atoms with Crippen molar-refractivity contribution in [3.8, 4) is 0 Å². The van der Waals surface area contributed by atoms with Crippen molar-refractivity contribution in [2.24, 2.45) is 5.92 Å². The molecule has 1 aromatic rings. The molecule has 0 saturated carbocycles. The van der Waals surface area contributed by atoms with Crippen LogP contribution in [-0.4, -0.2) is 36.9 Å². The molecular formula is C12H13ClFNO4S. The number of hydrogen-bond donors (Lipinski definition) is 1. The molecule has 0 radical (unpaired) electrons. The number of hydrogen-bond acceptors (Lipinski definition) is 3. The lowest BCUT2D eigenvalue weighted by atomic mass is 10.0. The summed E-state index contributed by atoms with van der Waals surface area (Å²) in [5.41, 5.74) is 0. The van der Waals surface area contributed by atoms with Gasteiger partial charge < -0.3 is 5.11 Å². The third kappa shape index (κ3) is 2.94. The first kappa shape index (κ1) is 15.2. The zero-order chi connectivity index (χ0) is 14.9. The molecule has 20 heavy (non-hydrogen) atoms. The largest absolute Gasteiger partial charge is 0.481 e. The second-order valence-corrected chi connectivity index (χ2v) is 6.93. The van der Waals surface area contributed by atoms with E-state index in [2.05, 4.69) is 0 Å². The van der Waals surface area contributed by atoms with Crippen LogP contribution in [0.4, 0.5) is 4.39 Å². The number of carboxylic acids is 1. The van der Waals surface area contributed by atoms with Crippen molar-refractivity contribution < 1.29 is 22.7 Å². The fourth-order valence-corrected chi connectivity index (χ4v) is 4.21. The normalized spacial score (nSPS) is 20.8. The number of benzene rings is 1. The third-order valence-electron chi connectivity index (χ3n) is 3.25. The van der Waals surface area contributed by atoms with Crippen LogP contribution in [-0.2, 0) is 14.8 Å². The third-order valence-corrected chi connectivity index (χ3v) is 5.59. The molecule has 0 aromatic heterocycles. The van der Waals surface area contributed by atoms with E-state index in [0.29, 0.717) is 12.8 Å². The Labute approximate surface area is 121 Å². The summed E-state index contributed by atoms with van der Waals surface area (Å²) in [7, 11) is -3.90. The molecule has 1 aliphatic heterocycles. The van der Waals surface area contributed by atoms with Gasteiger partial charge in [0.25, 0.3) is 0 Å². The van der Waals surface area contributed by atoms with Gasteiger partial charge in [-0.3, -0.25) is 4.79 Å². The van der Waals surface area contributed by atoms with Crippen LogP contribution in [0.2, 0.25) is 5.02 Å². The molecule has 0 amide bonds. The predicted octanol–water partition coefficient (Wildman–Crippen LogP) is 1.96. The molecule has 1 N–H and O–H groups in total. The van der Waals surface area contributed by atoms with E-state index in [1.54, 1.807) is 0 Å². The zero-order valence-corrected chi connectivity index (χ0v) is 12.0. The maximum Gasteiger partial charge on any atom is 0.307 e. The minimum Gasteiger partial charge on any atom is -0.481 e. The van der Waals surface area contributed by atoms with Crippen molar-refractivity contribution in [2.45, 2.75) is 17.7 Å². The summed E-state index contributed by atoms with van der Waals surface area (Å²) in [6, 6.07) is 3.03. The highest BCUT2D eigenvalue weighted by molar-refractivity contribution is 7.89. The molecule has 1 fully saturated rings. The van der Waals surface area contributed by atoms with E-state index in [4.69, 9.17) is 16.7 Å². The van der Waals surface area contributed by atoms with E-state index in [0.717, 1.165) is 22.5 Å². The van der Waals surface area contributed by atoms with Gasteiger partial charge >= 0.3 is 5.97 Å². The molecule has 1 heterocycles. The highest BCUT2D eigenvalue weighted by Gasteiger charge is 2.34. The summed E-state index contributed by atoms with van der Waals surface area (Å²) in [6.07, 6.45) is 0.910. The summed E-state index contributed by atoms with van der Waals surface area (Å²) in [5, 5.41) is 8.78. The van der Waals surface area contributed by atoms with Crippen LogP contribution >= 0.6 is 11.6 Å². The molecule has 1 saturated heterocycles. The first-order valence-electron chi connectivity index (χ1n) is 6.00. The summed E-state index contributed by atoms with van der Waals surface area (Å²) >= 11 is 5.77. The maximum absolute atomic E-state index is 13.0. The van der Waals surface area contributed by atoms with E-state index in [1.807, 2.05) is 0 Å². The Morgan fingerprint density at radius 3 is 2.75 bits per heavy atom. The van der Waals surface area contributed by atoms with Crippen molar-refractivity contribution in [3.63, 3.8) is 0 Å². The summed E-state index contributed by atoms with van der Waals surface area (Å²) in [6.45, 7) is 0.144. The standard InChI is InChI=1S/C12H13ClFNO4S/c13-10-6-9(14)3-4-11(10)20(18,19)15-5-1-2-8(7-15)12(16)17/h3-4,6,8H,1-2,5,7H2,(H,16,17)/t8-/m0/s1. The smallest absolute Gasteiger partial charge is 0.307 e. The van der Waals surface area contributed by atoms with Crippen LogP contribution < -0.4 is 0 Å². The Morgan fingerprint density at radius 1 is 1.45 bits per heavy atom. The molecular weight excluding hydrogens is 309 g/mol. The van der Waals surface area contributed by atoms with Gasteiger partial charge in [0.05, 0.1) is 10.9 Å². The molecule has 5 nitrogen and oxygen atoms in total. The Balaban J connectivity index is 2.32. The van der Waals surface area contributed by atoms with Crippen molar-refractivity contribution in [1.29, 1.82) is 0 Å². The minimum atomic E-state index is -3.90.